The molecular weight excluding hydrogens is 486 g/mol. The van der Waals surface area contributed by atoms with Crippen LogP contribution in [0.3, 0.4) is 0 Å². The molecule has 0 aliphatic rings. The Morgan fingerprint density at radius 3 is 1.62 bits per heavy atom. The number of para-hydroxylation sites is 4. The molecule has 0 saturated heterocycles. The molecule has 6 aromatic carbocycles. The second-order valence-electron chi connectivity index (χ2n) is 10.5. The second kappa shape index (κ2) is 8.05. The van der Waals surface area contributed by atoms with Gasteiger partial charge in [0.25, 0.3) is 0 Å². The van der Waals surface area contributed by atoms with Crippen LogP contribution in [-0.2, 0) is 0 Å². The average molecular weight is 510 g/mol. The highest BCUT2D eigenvalue weighted by Gasteiger charge is 2.17. The molecule has 0 unspecified atom stereocenters. The Morgan fingerprint density at radius 2 is 0.925 bits per heavy atom. The standard InChI is InChI=1S/C37H23N3/c1-2-11-27(12-3-1)39-34-16-8-5-13-29(34)31-19-25-20-32-30-14-6-9-17-35(30)40(37(32)22-26(25)21-36(31)39)28-18-24-10-4-7-15-33(24)38-23-28/h1-23H. The van der Waals surface area contributed by atoms with E-state index in [0.717, 1.165) is 16.6 Å². The van der Waals surface area contributed by atoms with Crippen LogP contribution < -0.4 is 0 Å². The van der Waals surface area contributed by atoms with Crippen molar-refractivity contribution in [3.63, 3.8) is 0 Å². The van der Waals surface area contributed by atoms with Gasteiger partial charge >= 0.3 is 0 Å². The van der Waals surface area contributed by atoms with Crippen molar-refractivity contribution in [2.24, 2.45) is 0 Å². The Balaban J connectivity index is 1.40. The first-order valence-corrected chi connectivity index (χ1v) is 13.6. The third-order valence-electron chi connectivity index (χ3n) is 8.27. The monoisotopic (exact) mass is 509 g/mol. The van der Waals surface area contributed by atoms with E-state index in [2.05, 4.69) is 137 Å². The van der Waals surface area contributed by atoms with Crippen LogP contribution in [0.15, 0.2) is 140 Å². The molecule has 3 heterocycles. The minimum atomic E-state index is 1.01. The molecule has 0 radical (unpaired) electrons. The van der Waals surface area contributed by atoms with Crippen molar-refractivity contribution in [1.82, 2.24) is 14.1 Å². The van der Waals surface area contributed by atoms with Crippen molar-refractivity contribution in [3.8, 4) is 11.4 Å². The van der Waals surface area contributed by atoms with E-state index in [4.69, 9.17) is 4.98 Å². The molecule has 0 amide bonds. The lowest BCUT2D eigenvalue weighted by Gasteiger charge is -2.10. The summed E-state index contributed by atoms with van der Waals surface area (Å²) >= 11 is 0. The predicted octanol–water partition coefficient (Wildman–Crippen LogP) is 9.58. The molecule has 186 valence electrons. The Morgan fingerprint density at radius 1 is 0.375 bits per heavy atom. The molecule has 0 N–H and O–H groups in total. The molecule has 3 heteroatoms. The normalized spacial score (nSPS) is 12.0. The highest BCUT2D eigenvalue weighted by Crippen LogP contribution is 2.39. The molecule has 3 aromatic heterocycles. The van der Waals surface area contributed by atoms with E-state index in [1.807, 2.05) is 12.3 Å². The summed E-state index contributed by atoms with van der Waals surface area (Å²) in [7, 11) is 0. The van der Waals surface area contributed by atoms with Gasteiger partial charge in [-0.3, -0.25) is 4.98 Å². The van der Waals surface area contributed by atoms with Crippen LogP contribution in [0.4, 0.5) is 0 Å². The van der Waals surface area contributed by atoms with Gasteiger partial charge in [-0.25, -0.2) is 0 Å². The van der Waals surface area contributed by atoms with Gasteiger partial charge < -0.3 is 9.13 Å². The summed E-state index contributed by atoms with van der Waals surface area (Å²) in [5, 5.41) is 8.65. The molecule has 0 aliphatic carbocycles. The highest BCUT2D eigenvalue weighted by molar-refractivity contribution is 6.18. The SMILES string of the molecule is c1ccc(-n2c3ccccc3c3cc4cc5c6ccccc6n(-c6cnc7ccccc7c6)c5cc4cc32)cc1. The zero-order valence-electron chi connectivity index (χ0n) is 21.6. The quantitative estimate of drug-likeness (QED) is 0.227. The maximum Gasteiger partial charge on any atom is 0.0703 e. The van der Waals surface area contributed by atoms with Crippen LogP contribution in [0.2, 0.25) is 0 Å². The molecule has 0 bridgehead atoms. The lowest BCUT2D eigenvalue weighted by Crippen LogP contribution is -1.95. The topological polar surface area (TPSA) is 22.8 Å². The molecule has 9 aromatic rings. The molecule has 3 nitrogen and oxygen atoms in total. The van der Waals surface area contributed by atoms with E-state index in [0.29, 0.717) is 0 Å². The van der Waals surface area contributed by atoms with Gasteiger partial charge in [0.1, 0.15) is 0 Å². The average Bonchev–Trinajstić information content (AvgIpc) is 3.51. The van der Waals surface area contributed by atoms with E-state index in [1.165, 1.54) is 60.1 Å². The summed E-state index contributed by atoms with van der Waals surface area (Å²) in [5.41, 5.74) is 8.07. The fraction of sp³-hybridized carbons (Fsp3) is 0. The summed E-state index contributed by atoms with van der Waals surface area (Å²) in [5.74, 6) is 0. The molecule has 0 atom stereocenters. The lowest BCUT2D eigenvalue weighted by atomic mass is 10.0. The smallest absolute Gasteiger partial charge is 0.0703 e. The van der Waals surface area contributed by atoms with Gasteiger partial charge in [-0.05, 0) is 71.4 Å². The first-order valence-electron chi connectivity index (χ1n) is 13.6. The minimum Gasteiger partial charge on any atom is -0.309 e. The van der Waals surface area contributed by atoms with Crippen LogP contribution in [0.1, 0.15) is 0 Å². The van der Waals surface area contributed by atoms with Gasteiger partial charge in [0.2, 0.25) is 0 Å². The number of benzene rings is 6. The first-order chi connectivity index (χ1) is 19.8. The van der Waals surface area contributed by atoms with Crippen LogP contribution >= 0.6 is 0 Å². The number of pyridine rings is 1. The number of nitrogens with zero attached hydrogens (tertiary/aromatic N) is 3. The number of hydrogen-bond donors (Lipinski definition) is 0. The molecular formula is C37H23N3. The Bertz CT molecular complexity index is 2430. The van der Waals surface area contributed by atoms with Crippen molar-refractivity contribution in [2.75, 3.05) is 0 Å². The van der Waals surface area contributed by atoms with Crippen molar-refractivity contribution in [3.05, 3.63) is 140 Å². The summed E-state index contributed by atoms with van der Waals surface area (Å²) < 4.78 is 4.75. The summed E-state index contributed by atoms with van der Waals surface area (Å²) in [6.45, 7) is 0. The molecule has 0 fully saturated rings. The number of rotatable bonds is 2. The minimum absolute atomic E-state index is 1.01. The van der Waals surface area contributed by atoms with Gasteiger partial charge in [0.05, 0.1) is 39.5 Å². The summed E-state index contributed by atoms with van der Waals surface area (Å²) in [4.78, 5) is 4.80. The Kier molecular flexibility index (Phi) is 4.33. The maximum atomic E-state index is 4.80. The fourth-order valence-electron chi connectivity index (χ4n) is 6.49. The molecule has 0 aliphatic heterocycles. The predicted molar refractivity (Wildman–Crippen MR) is 168 cm³/mol. The van der Waals surface area contributed by atoms with E-state index in [9.17, 15) is 0 Å². The zero-order valence-corrected chi connectivity index (χ0v) is 21.6. The van der Waals surface area contributed by atoms with Crippen LogP contribution in [0.5, 0.6) is 0 Å². The molecule has 0 spiro atoms. The fourth-order valence-corrected chi connectivity index (χ4v) is 6.49. The second-order valence-corrected chi connectivity index (χ2v) is 10.5. The Labute approximate surface area is 230 Å². The third-order valence-corrected chi connectivity index (χ3v) is 8.27. The van der Waals surface area contributed by atoms with E-state index >= 15 is 0 Å². The number of fused-ring (bicyclic) bond motifs is 8. The van der Waals surface area contributed by atoms with Crippen LogP contribution in [-0.4, -0.2) is 14.1 Å². The largest absolute Gasteiger partial charge is 0.309 e. The van der Waals surface area contributed by atoms with E-state index in [-0.39, 0.29) is 0 Å². The molecule has 40 heavy (non-hydrogen) atoms. The van der Waals surface area contributed by atoms with Gasteiger partial charge in [0, 0.05) is 32.6 Å². The highest BCUT2D eigenvalue weighted by atomic mass is 15.0. The van der Waals surface area contributed by atoms with Gasteiger partial charge in [-0.15, -0.1) is 0 Å². The Hall–Kier alpha value is -5.41. The van der Waals surface area contributed by atoms with Crippen molar-refractivity contribution >= 4 is 65.3 Å². The van der Waals surface area contributed by atoms with E-state index < -0.39 is 0 Å². The lowest BCUT2D eigenvalue weighted by molar-refractivity contribution is 1.16. The number of aromatic nitrogens is 3. The summed E-state index contributed by atoms with van der Waals surface area (Å²) in [6.07, 6.45) is 1.99. The van der Waals surface area contributed by atoms with Gasteiger partial charge in [0.15, 0.2) is 0 Å². The summed E-state index contributed by atoms with van der Waals surface area (Å²) in [6, 6.07) is 48.1. The van der Waals surface area contributed by atoms with Crippen molar-refractivity contribution in [1.29, 1.82) is 0 Å². The van der Waals surface area contributed by atoms with Gasteiger partial charge in [-0.1, -0.05) is 72.8 Å². The van der Waals surface area contributed by atoms with Crippen LogP contribution in [0.25, 0.3) is 76.7 Å². The molecule has 0 saturated carbocycles. The van der Waals surface area contributed by atoms with Crippen molar-refractivity contribution < 1.29 is 0 Å². The first kappa shape index (κ1) is 21.5. The van der Waals surface area contributed by atoms with Gasteiger partial charge in [-0.2, -0.15) is 0 Å². The van der Waals surface area contributed by atoms with Crippen molar-refractivity contribution in [2.45, 2.75) is 0 Å². The zero-order chi connectivity index (χ0) is 26.2. The van der Waals surface area contributed by atoms with Crippen LogP contribution in [0, 0.1) is 0 Å². The number of hydrogen-bond acceptors (Lipinski definition) is 1. The maximum absolute atomic E-state index is 4.80. The molecule has 9 rings (SSSR count). The third kappa shape index (κ3) is 2.97. The van der Waals surface area contributed by atoms with E-state index in [1.54, 1.807) is 0 Å².